The van der Waals surface area contributed by atoms with Gasteiger partial charge >= 0.3 is 5.97 Å². The number of aromatic nitrogens is 2. The number of hydrogen-bond acceptors (Lipinski definition) is 4. The second kappa shape index (κ2) is 5.83. The minimum absolute atomic E-state index is 0.0946. The van der Waals surface area contributed by atoms with Gasteiger partial charge in [-0.25, -0.2) is 0 Å². The number of anilines is 1. The van der Waals surface area contributed by atoms with E-state index in [1.165, 1.54) is 17.1 Å². The summed E-state index contributed by atoms with van der Waals surface area (Å²) in [7, 11) is 0. The lowest BCUT2D eigenvalue weighted by molar-refractivity contribution is -0.137. The molecular weight excluding hydrogens is 248 g/mol. The molecule has 2 atom stereocenters. The van der Waals surface area contributed by atoms with Crippen LogP contribution in [0.3, 0.4) is 0 Å². The first-order valence-corrected chi connectivity index (χ1v) is 6.37. The molecule has 104 valence electrons. The molecule has 1 saturated carbocycles. The Labute approximate surface area is 110 Å². The van der Waals surface area contributed by atoms with Gasteiger partial charge in [-0.1, -0.05) is 12.8 Å². The highest BCUT2D eigenvalue weighted by molar-refractivity contribution is 5.92. The van der Waals surface area contributed by atoms with Crippen LogP contribution in [0, 0.1) is 5.92 Å². The van der Waals surface area contributed by atoms with E-state index in [4.69, 9.17) is 10.8 Å². The lowest BCUT2D eigenvalue weighted by Crippen LogP contribution is -2.40. The normalized spacial score (nSPS) is 23.0. The molecule has 1 heterocycles. The van der Waals surface area contributed by atoms with Gasteiger partial charge in [0.1, 0.15) is 6.54 Å². The SMILES string of the molecule is NC1CCCCC1C(=O)Nc1cnn(CC(=O)O)c1. The molecular formula is C12H18N4O3. The highest BCUT2D eigenvalue weighted by Gasteiger charge is 2.28. The first kappa shape index (κ1) is 13.5. The van der Waals surface area contributed by atoms with Crippen molar-refractivity contribution in [2.24, 2.45) is 11.7 Å². The van der Waals surface area contributed by atoms with Gasteiger partial charge in [0.05, 0.1) is 17.8 Å². The lowest BCUT2D eigenvalue weighted by atomic mass is 9.84. The summed E-state index contributed by atoms with van der Waals surface area (Å²) in [5, 5.41) is 15.2. The molecule has 0 spiro atoms. The average molecular weight is 266 g/mol. The molecule has 0 aliphatic heterocycles. The Bertz CT molecular complexity index is 471. The van der Waals surface area contributed by atoms with Crippen molar-refractivity contribution in [2.45, 2.75) is 38.3 Å². The maximum absolute atomic E-state index is 12.1. The van der Waals surface area contributed by atoms with Crippen molar-refractivity contribution >= 4 is 17.6 Å². The topological polar surface area (TPSA) is 110 Å². The molecule has 0 saturated heterocycles. The van der Waals surface area contributed by atoms with Gasteiger partial charge < -0.3 is 16.2 Å². The summed E-state index contributed by atoms with van der Waals surface area (Å²) in [6.07, 6.45) is 6.70. The number of amides is 1. The fraction of sp³-hybridized carbons (Fsp3) is 0.583. The fourth-order valence-electron chi connectivity index (χ4n) is 2.37. The molecule has 1 fully saturated rings. The molecule has 1 aliphatic rings. The maximum Gasteiger partial charge on any atom is 0.325 e. The Morgan fingerprint density at radius 2 is 2.21 bits per heavy atom. The summed E-state index contributed by atoms with van der Waals surface area (Å²) in [6.45, 7) is -0.223. The number of rotatable bonds is 4. The molecule has 1 aromatic heterocycles. The Morgan fingerprint density at radius 3 is 2.89 bits per heavy atom. The van der Waals surface area contributed by atoms with Gasteiger partial charge in [0.2, 0.25) is 5.91 Å². The van der Waals surface area contributed by atoms with E-state index in [0.29, 0.717) is 5.69 Å². The monoisotopic (exact) mass is 266 g/mol. The van der Waals surface area contributed by atoms with Crippen molar-refractivity contribution in [2.75, 3.05) is 5.32 Å². The number of carboxylic acids is 1. The minimum Gasteiger partial charge on any atom is -0.480 e. The molecule has 4 N–H and O–H groups in total. The Hall–Kier alpha value is -1.89. The number of carbonyl (C=O) groups excluding carboxylic acids is 1. The van der Waals surface area contributed by atoms with E-state index in [0.717, 1.165) is 25.7 Å². The highest BCUT2D eigenvalue weighted by atomic mass is 16.4. The number of nitrogens with one attached hydrogen (secondary N) is 1. The average Bonchev–Trinajstić information content (AvgIpc) is 2.76. The van der Waals surface area contributed by atoms with Crippen molar-refractivity contribution in [3.8, 4) is 0 Å². The van der Waals surface area contributed by atoms with Crippen molar-refractivity contribution in [3.63, 3.8) is 0 Å². The quantitative estimate of drug-likeness (QED) is 0.731. The van der Waals surface area contributed by atoms with Gasteiger partial charge in [0.15, 0.2) is 0 Å². The van der Waals surface area contributed by atoms with Crippen LogP contribution in [0.1, 0.15) is 25.7 Å². The van der Waals surface area contributed by atoms with Crippen molar-refractivity contribution in [1.29, 1.82) is 0 Å². The van der Waals surface area contributed by atoms with Crippen LogP contribution in [0.15, 0.2) is 12.4 Å². The predicted molar refractivity (Wildman–Crippen MR) is 68.4 cm³/mol. The summed E-state index contributed by atoms with van der Waals surface area (Å²) < 4.78 is 1.26. The number of aliphatic carboxylic acids is 1. The molecule has 1 aliphatic carbocycles. The van der Waals surface area contributed by atoms with Crippen molar-refractivity contribution < 1.29 is 14.7 Å². The molecule has 1 aromatic rings. The van der Waals surface area contributed by atoms with Crippen LogP contribution in [0.4, 0.5) is 5.69 Å². The zero-order valence-electron chi connectivity index (χ0n) is 10.6. The fourth-order valence-corrected chi connectivity index (χ4v) is 2.37. The van der Waals surface area contributed by atoms with Gasteiger partial charge in [-0.3, -0.25) is 14.3 Å². The van der Waals surface area contributed by atoms with E-state index in [1.807, 2.05) is 0 Å². The zero-order valence-corrected chi connectivity index (χ0v) is 10.6. The van der Waals surface area contributed by atoms with Gasteiger partial charge in [-0.05, 0) is 12.8 Å². The van der Waals surface area contributed by atoms with E-state index < -0.39 is 5.97 Å². The summed E-state index contributed by atoms with van der Waals surface area (Å²) in [5.74, 6) is -1.26. The van der Waals surface area contributed by atoms with Crippen LogP contribution < -0.4 is 11.1 Å². The van der Waals surface area contributed by atoms with Crippen molar-refractivity contribution in [1.82, 2.24) is 9.78 Å². The van der Waals surface area contributed by atoms with Crippen LogP contribution in [0.2, 0.25) is 0 Å². The Morgan fingerprint density at radius 1 is 1.47 bits per heavy atom. The molecule has 0 radical (unpaired) electrons. The van der Waals surface area contributed by atoms with Gasteiger partial charge in [-0.15, -0.1) is 0 Å². The molecule has 2 rings (SSSR count). The maximum atomic E-state index is 12.1. The van der Waals surface area contributed by atoms with Crippen LogP contribution >= 0.6 is 0 Å². The largest absolute Gasteiger partial charge is 0.480 e. The summed E-state index contributed by atoms with van der Waals surface area (Å²) in [6, 6.07) is -0.0946. The molecule has 2 unspecified atom stereocenters. The van der Waals surface area contributed by atoms with E-state index in [9.17, 15) is 9.59 Å². The second-order valence-electron chi connectivity index (χ2n) is 4.86. The first-order valence-electron chi connectivity index (χ1n) is 6.37. The summed E-state index contributed by atoms with van der Waals surface area (Å²) in [5.41, 5.74) is 6.45. The number of nitrogens with two attached hydrogens (primary N) is 1. The van der Waals surface area contributed by atoms with E-state index in [1.54, 1.807) is 0 Å². The Kier molecular flexibility index (Phi) is 4.16. The number of carbonyl (C=O) groups is 2. The molecule has 0 aromatic carbocycles. The van der Waals surface area contributed by atoms with Gasteiger partial charge in [0, 0.05) is 12.2 Å². The predicted octanol–water partition coefficient (Wildman–Crippen LogP) is 0.424. The van der Waals surface area contributed by atoms with E-state index in [2.05, 4.69) is 10.4 Å². The first-order chi connectivity index (χ1) is 9.06. The number of hydrogen-bond donors (Lipinski definition) is 3. The highest BCUT2D eigenvalue weighted by Crippen LogP contribution is 2.24. The van der Waals surface area contributed by atoms with E-state index >= 15 is 0 Å². The molecule has 19 heavy (non-hydrogen) atoms. The van der Waals surface area contributed by atoms with E-state index in [-0.39, 0.29) is 24.4 Å². The van der Waals surface area contributed by atoms with Crippen molar-refractivity contribution in [3.05, 3.63) is 12.4 Å². The Balaban J connectivity index is 1.94. The number of nitrogens with zero attached hydrogens (tertiary/aromatic N) is 2. The molecule has 7 nitrogen and oxygen atoms in total. The molecule has 7 heteroatoms. The molecule has 0 bridgehead atoms. The van der Waals surface area contributed by atoms with Crippen LogP contribution in [0.25, 0.3) is 0 Å². The zero-order chi connectivity index (χ0) is 13.8. The standard InChI is InChI=1S/C12H18N4O3/c13-10-4-2-1-3-9(10)12(19)15-8-5-14-16(6-8)7-11(17)18/h5-6,9-10H,1-4,7,13H2,(H,15,19)(H,17,18). The van der Waals surface area contributed by atoms with Gasteiger partial charge in [0.25, 0.3) is 0 Å². The number of carboxylic acid groups (broad SMARTS) is 1. The smallest absolute Gasteiger partial charge is 0.325 e. The lowest BCUT2D eigenvalue weighted by Gasteiger charge is -2.27. The third-order valence-electron chi connectivity index (χ3n) is 3.35. The summed E-state index contributed by atoms with van der Waals surface area (Å²) in [4.78, 5) is 22.6. The van der Waals surface area contributed by atoms with Crippen LogP contribution in [-0.2, 0) is 16.1 Å². The minimum atomic E-state index is -0.977. The molecule has 1 amide bonds. The van der Waals surface area contributed by atoms with Crippen LogP contribution in [-0.4, -0.2) is 32.8 Å². The summed E-state index contributed by atoms with van der Waals surface area (Å²) >= 11 is 0. The third-order valence-corrected chi connectivity index (χ3v) is 3.35. The third kappa shape index (κ3) is 3.54. The van der Waals surface area contributed by atoms with Crippen LogP contribution in [0.5, 0.6) is 0 Å². The second-order valence-corrected chi connectivity index (χ2v) is 4.86. The van der Waals surface area contributed by atoms with Gasteiger partial charge in [-0.2, -0.15) is 5.10 Å².